The summed E-state index contributed by atoms with van der Waals surface area (Å²) in [4.78, 5) is 25.5. The van der Waals surface area contributed by atoms with Crippen molar-refractivity contribution in [3.05, 3.63) is 41.7 Å². The average Bonchev–Trinajstić information content (AvgIpc) is 3.11. The number of urea groups is 1. The molecule has 1 aliphatic rings. The number of para-hydroxylation sites is 2. The fourth-order valence-corrected chi connectivity index (χ4v) is 3.14. The van der Waals surface area contributed by atoms with Crippen molar-refractivity contribution < 1.29 is 14.7 Å². The summed E-state index contributed by atoms with van der Waals surface area (Å²) in [5, 5.41) is 16.7. The summed E-state index contributed by atoms with van der Waals surface area (Å²) >= 11 is 0. The third-order valence-corrected chi connectivity index (χ3v) is 4.66. The number of benzene rings is 1. The number of hydrogen-bond donors (Lipinski definition) is 2. The van der Waals surface area contributed by atoms with Crippen LogP contribution in [0.25, 0.3) is 5.69 Å². The van der Waals surface area contributed by atoms with Crippen molar-refractivity contribution in [2.75, 3.05) is 18.4 Å². The maximum atomic E-state index is 12.6. The first-order valence-electron chi connectivity index (χ1n) is 8.22. The van der Waals surface area contributed by atoms with Gasteiger partial charge in [-0.3, -0.25) is 4.79 Å². The molecule has 1 atom stereocenters. The topological polar surface area (TPSA) is 87.5 Å². The summed E-state index contributed by atoms with van der Waals surface area (Å²) in [6.07, 6.45) is 0.453. The van der Waals surface area contributed by atoms with Gasteiger partial charge in [0.2, 0.25) is 0 Å². The molecule has 0 spiro atoms. The van der Waals surface area contributed by atoms with Crippen molar-refractivity contribution in [2.24, 2.45) is 5.41 Å². The smallest absolute Gasteiger partial charge is 0.321 e. The SMILES string of the molecule is Cc1cc(C)n(-c2ccccc2NC(=O)N2CCC(C)(C(=O)O)C2)n1. The number of rotatable bonds is 3. The minimum absolute atomic E-state index is 0.205. The van der Waals surface area contributed by atoms with Gasteiger partial charge in [-0.25, -0.2) is 9.48 Å². The lowest BCUT2D eigenvalue weighted by atomic mass is 9.90. The summed E-state index contributed by atoms with van der Waals surface area (Å²) in [6, 6.07) is 9.11. The van der Waals surface area contributed by atoms with Crippen LogP contribution in [0.5, 0.6) is 0 Å². The van der Waals surface area contributed by atoms with Crippen LogP contribution in [-0.4, -0.2) is 44.9 Å². The number of likely N-dealkylation sites (tertiary alicyclic amines) is 1. The van der Waals surface area contributed by atoms with Crippen LogP contribution < -0.4 is 5.32 Å². The Kier molecular flexibility index (Phi) is 4.24. The Balaban J connectivity index is 1.81. The standard InChI is InChI=1S/C18H22N4O3/c1-12-10-13(2)22(20-12)15-7-5-4-6-14(15)19-17(25)21-9-8-18(3,11-21)16(23)24/h4-7,10H,8-9,11H2,1-3H3,(H,19,25)(H,23,24). The molecule has 132 valence electrons. The van der Waals surface area contributed by atoms with Crippen molar-refractivity contribution in [1.82, 2.24) is 14.7 Å². The first-order valence-corrected chi connectivity index (χ1v) is 8.22. The van der Waals surface area contributed by atoms with Gasteiger partial charge in [0.1, 0.15) is 0 Å². The van der Waals surface area contributed by atoms with E-state index in [4.69, 9.17) is 0 Å². The summed E-state index contributed by atoms with van der Waals surface area (Å²) in [5.74, 6) is -0.870. The quantitative estimate of drug-likeness (QED) is 0.898. The van der Waals surface area contributed by atoms with Gasteiger partial charge in [0, 0.05) is 18.8 Å². The van der Waals surface area contributed by atoms with E-state index < -0.39 is 11.4 Å². The predicted octanol–water partition coefficient (Wildman–Crippen LogP) is 2.82. The van der Waals surface area contributed by atoms with Crippen molar-refractivity contribution >= 4 is 17.7 Å². The second kappa shape index (κ2) is 6.23. The molecule has 0 aliphatic carbocycles. The van der Waals surface area contributed by atoms with E-state index in [1.807, 2.05) is 44.2 Å². The summed E-state index contributed by atoms with van der Waals surface area (Å²) < 4.78 is 1.79. The molecular formula is C18H22N4O3. The maximum absolute atomic E-state index is 12.6. The molecule has 1 aliphatic heterocycles. The van der Waals surface area contributed by atoms with Crippen LogP contribution in [0.2, 0.25) is 0 Å². The molecule has 1 fully saturated rings. The molecule has 2 heterocycles. The minimum Gasteiger partial charge on any atom is -0.481 e. The van der Waals surface area contributed by atoms with Crippen molar-refractivity contribution in [1.29, 1.82) is 0 Å². The average molecular weight is 342 g/mol. The number of carbonyl (C=O) groups is 2. The number of anilines is 1. The number of nitrogens with zero attached hydrogens (tertiary/aromatic N) is 3. The number of aromatic nitrogens is 2. The third-order valence-electron chi connectivity index (χ3n) is 4.66. The lowest BCUT2D eigenvalue weighted by molar-refractivity contribution is -0.146. The van der Waals surface area contributed by atoms with E-state index in [-0.39, 0.29) is 12.6 Å². The Morgan fingerprint density at radius 3 is 2.60 bits per heavy atom. The Labute approximate surface area is 146 Å². The molecular weight excluding hydrogens is 320 g/mol. The molecule has 1 aromatic carbocycles. The normalized spacial score (nSPS) is 19.9. The van der Waals surface area contributed by atoms with Crippen LogP contribution in [0.3, 0.4) is 0 Å². The fourth-order valence-electron chi connectivity index (χ4n) is 3.14. The van der Waals surface area contributed by atoms with Crippen LogP contribution >= 0.6 is 0 Å². The van der Waals surface area contributed by atoms with E-state index in [0.29, 0.717) is 18.7 Å². The molecule has 2 amide bonds. The largest absolute Gasteiger partial charge is 0.481 e. The maximum Gasteiger partial charge on any atom is 0.321 e. The zero-order chi connectivity index (χ0) is 18.2. The lowest BCUT2D eigenvalue weighted by Gasteiger charge is -2.21. The molecule has 0 bridgehead atoms. The van der Waals surface area contributed by atoms with E-state index in [1.54, 1.807) is 16.5 Å². The number of aliphatic carboxylic acids is 1. The number of hydrogen-bond acceptors (Lipinski definition) is 3. The van der Waals surface area contributed by atoms with E-state index in [0.717, 1.165) is 17.1 Å². The highest BCUT2D eigenvalue weighted by atomic mass is 16.4. The molecule has 7 heteroatoms. The Morgan fingerprint density at radius 1 is 1.28 bits per heavy atom. The van der Waals surface area contributed by atoms with E-state index >= 15 is 0 Å². The number of nitrogens with one attached hydrogen (secondary N) is 1. The van der Waals surface area contributed by atoms with Gasteiger partial charge < -0.3 is 15.3 Å². The third kappa shape index (κ3) is 3.22. The fraction of sp³-hybridized carbons (Fsp3) is 0.389. The molecule has 7 nitrogen and oxygen atoms in total. The molecule has 0 radical (unpaired) electrons. The van der Waals surface area contributed by atoms with Gasteiger partial charge >= 0.3 is 12.0 Å². The molecule has 1 saturated heterocycles. The molecule has 3 rings (SSSR count). The Morgan fingerprint density at radius 2 is 2.00 bits per heavy atom. The van der Waals surface area contributed by atoms with Gasteiger partial charge in [-0.1, -0.05) is 12.1 Å². The predicted molar refractivity (Wildman–Crippen MR) is 94.0 cm³/mol. The molecule has 1 aromatic heterocycles. The van der Waals surface area contributed by atoms with Gasteiger partial charge in [0.25, 0.3) is 0 Å². The van der Waals surface area contributed by atoms with Crippen molar-refractivity contribution in [2.45, 2.75) is 27.2 Å². The number of amides is 2. The van der Waals surface area contributed by atoms with E-state index in [1.165, 1.54) is 0 Å². The molecule has 0 saturated carbocycles. The lowest BCUT2D eigenvalue weighted by Crippen LogP contribution is -2.37. The van der Waals surface area contributed by atoms with Gasteiger partial charge in [-0.15, -0.1) is 0 Å². The van der Waals surface area contributed by atoms with Crippen LogP contribution in [0.1, 0.15) is 24.7 Å². The van der Waals surface area contributed by atoms with Gasteiger partial charge in [0.05, 0.1) is 22.5 Å². The highest BCUT2D eigenvalue weighted by Gasteiger charge is 2.42. The number of aryl methyl sites for hydroxylation is 2. The van der Waals surface area contributed by atoms with Crippen molar-refractivity contribution in [3.8, 4) is 5.69 Å². The van der Waals surface area contributed by atoms with Crippen LogP contribution in [0, 0.1) is 19.3 Å². The second-order valence-corrected chi connectivity index (χ2v) is 6.82. The van der Waals surface area contributed by atoms with Crippen LogP contribution in [0.15, 0.2) is 30.3 Å². The van der Waals surface area contributed by atoms with Gasteiger partial charge in [0.15, 0.2) is 0 Å². The minimum atomic E-state index is -0.882. The van der Waals surface area contributed by atoms with Crippen LogP contribution in [-0.2, 0) is 4.79 Å². The summed E-state index contributed by atoms with van der Waals surface area (Å²) in [6.45, 7) is 6.18. The van der Waals surface area contributed by atoms with Crippen molar-refractivity contribution in [3.63, 3.8) is 0 Å². The first kappa shape index (κ1) is 17.0. The summed E-state index contributed by atoms with van der Waals surface area (Å²) in [5.41, 5.74) is 2.41. The number of carbonyl (C=O) groups excluding carboxylic acids is 1. The first-order chi connectivity index (χ1) is 11.8. The number of carboxylic acid groups (broad SMARTS) is 1. The van der Waals surface area contributed by atoms with E-state index in [9.17, 15) is 14.7 Å². The Bertz CT molecular complexity index is 829. The molecule has 2 N–H and O–H groups in total. The molecule has 25 heavy (non-hydrogen) atoms. The monoisotopic (exact) mass is 342 g/mol. The summed E-state index contributed by atoms with van der Waals surface area (Å²) in [7, 11) is 0. The Hall–Kier alpha value is -2.83. The zero-order valence-electron chi connectivity index (χ0n) is 14.6. The van der Waals surface area contributed by atoms with Gasteiger partial charge in [-0.05, 0) is 45.4 Å². The second-order valence-electron chi connectivity index (χ2n) is 6.82. The zero-order valence-corrected chi connectivity index (χ0v) is 14.6. The van der Waals surface area contributed by atoms with E-state index in [2.05, 4.69) is 10.4 Å². The molecule has 2 aromatic rings. The molecule has 1 unspecified atom stereocenters. The van der Waals surface area contributed by atoms with Crippen LogP contribution in [0.4, 0.5) is 10.5 Å². The highest BCUT2D eigenvalue weighted by Crippen LogP contribution is 2.31. The van der Waals surface area contributed by atoms with Gasteiger partial charge in [-0.2, -0.15) is 5.10 Å². The highest BCUT2D eigenvalue weighted by molar-refractivity contribution is 5.92. The number of carboxylic acids is 1.